The van der Waals surface area contributed by atoms with E-state index < -0.39 is 20.7 Å². The van der Waals surface area contributed by atoms with E-state index in [2.05, 4.69) is 15.0 Å². The minimum absolute atomic E-state index is 0.173. The summed E-state index contributed by atoms with van der Waals surface area (Å²) in [6.07, 6.45) is 7.50. The van der Waals surface area contributed by atoms with Gasteiger partial charge in [0.25, 0.3) is 10.0 Å². The van der Waals surface area contributed by atoms with Crippen LogP contribution < -0.4 is 10.0 Å². The van der Waals surface area contributed by atoms with Gasteiger partial charge in [-0.25, -0.2) is 17.8 Å². The van der Waals surface area contributed by atoms with Gasteiger partial charge in [-0.2, -0.15) is 0 Å². The Labute approximate surface area is 155 Å². The minimum atomic E-state index is -4.08. The largest absolute Gasteiger partial charge is 0.384 e. The normalized spacial score (nSPS) is 15.4. The van der Waals surface area contributed by atoms with Crippen LogP contribution in [-0.2, 0) is 10.0 Å². The lowest BCUT2D eigenvalue weighted by molar-refractivity contribution is 0.518. The van der Waals surface area contributed by atoms with Crippen molar-refractivity contribution in [2.45, 2.75) is 37.0 Å². The van der Waals surface area contributed by atoms with Gasteiger partial charge in [-0.3, -0.25) is 4.72 Å². The lowest BCUT2D eigenvalue weighted by atomic mass is 10.0. The number of aromatic nitrogens is 1. The van der Waals surface area contributed by atoms with Crippen molar-refractivity contribution in [1.82, 2.24) is 4.98 Å². The zero-order valence-corrected chi connectivity index (χ0v) is 15.9. The summed E-state index contributed by atoms with van der Waals surface area (Å²) in [6.45, 7) is 0.688. The molecule has 3 rings (SSSR count). The Morgan fingerprint density at radius 1 is 1.32 bits per heavy atom. The second-order valence-electron chi connectivity index (χ2n) is 6.07. The van der Waals surface area contributed by atoms with Crippen LogP contribution in [0.4, 0.5) is 15.2 Å². The van der Waals surface area contributed by atoms with E-state index in [1.54, 1.807) is 5.38 Å². The van der Waals surface area contributed by atoms with Crippen LogP contribution in [0.2, 0.25) is 5.02 Å². The summed E-state index contributed by atoms with van der Waals surface area (Å²) in [6, 6.07) is 2.26. The SMILES string of the molecule is O=S(=O)(Nc1nccs1)c1cc(Cl)c(NCCC2CCCC2)cc1F. The first-order chi connectivity index (χ1) is 12.0. The Bertz CT molecular complexity index is 822. The topological polar surface area (TPSA) is 71.1 Å². The molecule has 9 heteroatoms. The molecule has 2 aromatic rings. The molecule has 0 aliphatic heterocycles. The van der Waals surface area contributed by atoms with Gasteiger partial charge in [0.2, 0.25) is 0 Å². The summed E-state index contributed by atoms with van der Waals surface area (Å²) in [4.78, 5) is 3.34. The monoisotopic (exact) mass is 403 g/mol. The summed E-state index contributed by atoms with van der Waals surface area (Å²) in [7, 11) is -4.08. The molecule has 1 saturated carbocycles. The number of anilines is 2. The number of rotatable bonds is 7. The first-order valence-electron chi connectivity index (χ1n) is 8.11. The van der Waals surface area contributed by atoms with Crippen LogP contribution in [0.1, 0.15) is 32.1 Å². The molecule has 0 radical (unpaired) electrons. The van der Waals surface area contributed by atoms with Crippen LogP contribution in [0.3, 0.4) is 0 Å². The zero-order chi connectivity index (χ0) is 17.9. The van der Waals surface area contributed by atoms with E-state index in [-0.39, 0.29) is 10.2 Å². The molecule has 25 heavy (non-hydrogen) atoms. The molecular formula is C16H19ClFN3O2S2. The predicted octanol–water partition coefficient (Wildman–Crippen LogP) is 4.73. The number of sulfonamides is 1. The van der Waals surface area contributed by atoms with Crippen molar-refractivity contribution in [3.8, 4) is 0 Å². The fourth-order valence-electron chi connectivity index (χ4n) is 3.02. The molecule has 0 spiro atoms. The molecule has 0 atom stereocenters. The van der Waals surface area contributed by atoms with Gasteiger partial charge in [0.1, 0.15) is 10.7 Å². The Morgan fingerprint density at radius 3 is 2.76 bits per heavy atom. The number of nitrogens with one attached hydrogen (secondary N) is 2. The third-order valence-electron chi connectivity index (χ3n) is 4.31. The average Bonchev–Trinajstić information content (AvgIpc) is 3.23. The molecule has 5 nitrogen and oxygen atoms in total. The summed E-state index contributed by atoms with van der Waals surface area (Å²) in [5.41, 5.74) is 0.408. The van der Waals surface area contributed by atoms with E-state index in [9.17, 15) is 12.8 Å². The van der Waals surface area contributed by atoms with Crippen molar-refractivity contribution >= 4 is 43.8 Å². The van der Waals surface area contributed by atoms with E-state index in [4.69, 9.17) is 11.6 Å². The Morgan fingerprint density at radius 2 is 2.08 bits per heavy atom. The second kappa shape index (κ2) is 7.88. The quantitative estimate of drug-likeness (QED) is 0.701. The van der Waals surface area contributed by atoms with Gasteiger partial charge in [-0.1, -0.05) is 37.3 Å². The van der Waals surface area contributed by atoms with Gasteiger partial charge in [0, 0.05) is 18.1 Å². The highest BCUT2D eigenvalue weighted by molar-refractivity contribution is 7.93. The standard InChI is InChI=1S/C16H19ClFN3O2S2/c17-12-9-15(25(22,23)21-16-20-7-8-24-16)13(18)10-14(12)19-6-5-11-3-1-2-4-11/h7-11,19H,1-6H2,(H,20,21). The number of benzene rings is 1. The van der Waals surface area contributed by atoms with Crippen molar-refractivity contribution in [2.75, 3.05) is 16.6 Å². The predicted molar refractivity (Wildman–Crippen MR) is 99.4 cm³/mol. The molecule has 1 fully saturated rings. The molecule has 0 bridgehead atoms. The molecule has 1 aliphatic carbocycles. The number of thiazole rings is 1. The lowest BCUT2D eigenvalue weighted by Crippen LogP contribution is -2.15. The first-order valence-corrected chi connectivity index (χ1v) is 10.8. The van der Waals surface area contributed by atoms with Gasteiger partial charge < -0.3 is 5.32 Å². The smallest absolute Gasteiger partial charge is 0.266 e. The summed E-state index contributed by atoms with van der Waals surface area (Å²) >= 11 is 7.26. The fourth-order valence-corrected chi connectivity index (χ4v) is 5.19. The molecule has 2 N–H and O–H groups in total. The van der Waals surface area contributed by atoms with Crippen molar-refractivity contribution in [1.29, 1.82) is 0 Å². The van der Waals surface area contributed by atoms with Crippen LogP contribution >= 0.6 is 22.9 Å². The third kappa shape index (κ3) is 4.62. The van der Waals surface area contributed by atoms with Crippen LogP contribution in [0.25, 0.3) is 0 Å². The molecule has 136 valence electrons. The zero-order valence-electron chi connectivity index (χ0n) is 13.5. The van der Waals surface area contributed by atoms with Crippen molar-refractivity contribution in [2.24, 2.45) is 5.92 Å². The molecule has 1 aliphatic rings. The second-order valence-corrected chi connectivity index (χ2v) is 9.02. The highest BCUT2D eigenvalue weighted by atomic mass is 35.5. The van der Waals surface area contributed by atoms with E-state index in [1.807, 2.05) is 0 Å². The van der Waals surface area contributed by atoms with Crippen LogP contribution in [0.15, 0.2) is 28.6 Å². The molecular weight excluding hydrogens is 385 g/mol. The minimum Gasteiger partial charge on any atom is -0.384 e. The van der Waals surface area contributed by atoms with Crippen molar-refractivity contribution in [3.05, 3.63) is 34.5 Å². The Hall–Kier alpha value is -1.38. The number of nitrogens with zero attached hydrogens (tertiary/aromatic N) is 1. The maximum Gasteiger partial charge on any atom is 0.266 e. The maximum atomic E-state index is 14.3. The third-order valence-corrected chi connectivity index (χ3v) is 6.79. The van der Waals surface area contributed by atoms with Gasteiger partial charge in [-0.15, -0.1) is 11.3 Å². The van der Waals surface area contributed by atoms with E-state index in [0.29, 0.717) is 18.2 Å². The van der Waals surface area contributed by atoms with Gasteiger partial charge >= 0.3 is 0 Å². The lowest BCUT2D eigenvalue weighted by Gasteiger charge is -2.14. The average molecular weight is 404 g/mol. The Balaban J connectivity index is 1.70. The molecule has 0 saturated heterocycles. The van der Waals surface area contributed by atoms with Crippen molar-refractivity contribution < 1.29 is 12.8 Å². The van der Waals surface area contributed by atoms with Gasteiger partial charge in [0.05, 0.1) is 10.7 Å². The summed E-state index contributed by atoms with van der Waals surface area (Å²) in [5.74, 6) is -0.143. The van der Waals surface area contributed by atoms with Gasteiger partial charge in [0.15, 0.2) is 5.13 Å². The van der Waals surface area contributed by atoms with E-state index in [0.717, 1.165) is 29.9 Å². The number of halogens is 2. The molecule has 0 amide bonds. The Kier molecular flexibility index (Phi) is 5.81. The highest BCUT2D eigenvalue weighted by Crippen LogP contribution is 2.31. The first kappa shape index (κ1) is 18.4. The number of hydrogen-bond donors (Lipinski definition) is 2. The van der Waals surface area contributed by atoms with E-state index in [1.165, 1.54) is 31.9 Å². The summed E-state index contributed by atoms with van der Waals surface area (Å²) in [5, 5.41) is 5.08. The molecule has 1 aromatic heterocycles. The van der Waals surface area contributed by atoms with Crippen LogP contribution in [0, 0.1) is 11.7 Å². The van der Waals surface area contributed by atoms with Crippen LogP contribution in [-0.4, -0.2) is 19.9 Å². The van der Waals surface area contributed by atoms with E-state index >= 15 is 0 Å². The highest BCUT2D eigenvalue weighted by Gasteiger charge is 2.22. The molecule has 1 heterocycles. The van der Waals surface area contributed by atoms with Crippen molar-refractivity contribution in [3.63, 3.8) is 0 Å². The van der Waals surface area contributed by atoms with Crippen LogP contribution in [0.5, 0.6) is 0 Å². The fraction of sp³-hybridized carbons (Fsp3) is 0.438. The molecule has 1 aromatic carbocycles. The van der Waals surface area contributed by atoms with Gasteiger partial charge in [-0.05, 0) is 24.5 Å². The molecule has 0 unspecified atom stereocenters. The summed E-state index contributed by atoms with van der Waals surface area (Å²) < 4.78 is 41.2. The maximum absolute atomic E-state index is 14.3. The number of hydrogen-bond acceptors (Lipinski definition) is 5.